The van der Waals surface area contributed by atoms with Crippen LogP contribution in [0.1, 0.15) is 22.0 Å². The van der Waals surface area contributed by atoms with Crippen molar-refractivity contribution in [2.45, 2.75) is 6.10 Å². The second kappa shape index (κ2) is 6.56. The van der Waals surface area contributed by atoms with Gasteiger partial charge in [-0.3, -0.25) is 4.79 Å². The van der Waals surface area contributed by atoms with Crippen LogP contribution in [0, 0.1) is 0 Å². The molecule has 120 valence electrons. The van der Waals surface area contributed by atoms with Crippen LogP contribution in [0.3, 0.4) is 0 Å². The van der Waals surface area contributed by atoms with Crippen molar-refractivity contribution < 1.29 is 9.90 Å². The average molecular weight is 318 g/mol. The molecule has 0 radical (unpaired) electrons. The van der Waals surface area contributed by atoms with Crippen LogP contribution in [0.15, 0.2) is 72.8 Å². The molecule has 0 saturated carbocycles. The molecular weight excluding hydrogens is 300 g/mol. The first-order valence-electron chi connectivity index (χ1n) is 7.59. The molecule has 1 unspecified atom stereocenters. The van der Waals surface area contributed by atoms with Crippen LogP contribution in [0.2, 0.25) is 0 Å². The van der Waals surface area contributed by atoms with Gasteiger partial charge in [0.25, 0.3) is 0 Å². The molecule has 4 heteroatoms. The van der Waals surface area contributed by atoms with Crippen molar-refractivity contribution in [1.29, 1.82) is 0 Å². The quantitative estimate of drug-likeness (QED) is 0.508. The first-order valence-corrected chi connectivity index (χ1v) is 7.59. The highest BCUT2D eigenvalue weighted by atomic mass is 16.3. The van der Waals surface area contributed by atoms with Crippen LogP contribution in [0.4, 0.5) is 11.4 Å². The Hall–Kier alpha value is -3.11. The number of aliphatic hydroxyl groups is 1. The van der Waals surface area contributed by atoms with E-state index in [9.17, 15) is 9.90 Å². The Morgan fingerprint density at radius 2 is 1.46 bits per heavy atom. The van der Waals surface area contributed by atoms with E-state index in [1.165, 1.54) is 0 Å². The summed E-state index contributed by atoms with van der Waals surface area (Å²) in [5, 5.41) is 10.4. The van der Waals surface area contributed by atoms with Gasteiger partial charge in [0.1, 0.15) is 6.10 Å². The van der Waals surface area contributed by atoms with Crippen molar-refractivity contribution >= 4 is 17.2 Å². The van der Waals surface area contributed by atoms with E-state index in [1.807, 2.05) is 18.2 Å². The lowest BCUT2D eigenvalue weighted by molar-refractivity contribution is 0.0748. The fourth-order valence-electron chi connectivity index (χ4n) is 2.61. The summed E-state index contributed by atoms with van der Waals surface area (Å²) < 4.78 is 0. The summed E-state index contributed by atoms with van der Waals surface area (Å²) >= 11 is 0. The van der Waals surface area contributed by atoms with Gasteiger partial charge in [-0.15, -0.1) is 0 Å². The number of aliphatic hydroxyl groups excluding tert-OH is 1. The van der Waals surface area contributed by atoms with Crippen LogP contribution in [-0.2, 0) is 0 Å². The number of ketones is 1. The van der Waals surface area contributed by atoms with E-state index < -0.39 is 6.10 Å². The third-order valence-electron chi connectivity index (χ3n) is 3.89. The van der Waals surface area contributed by atoms with E-state index in [4.69, 9.17) is 11.5 Å². The number of benzene rings is 3. The van der Waals surface area contributed by atoms with E-state index in [0.717, 1.165) is 5.56 Å². The van der Waals surface area contributed by atoms with Gasteiger partial charge in [0.05, 0.1) is 0 Å². The molecule has 0 aliphatic rings. The lowest BCUT2D eigenvalue weighted by Gasteiger charge is -2.14. The SMILES string of the molecule is Nc1ccc(-c2ccc(N)cc2C(=O)C(O)c2ccccc2)cc1. The molecule has 0 aliphatic heterocycles. The first-order chi connectivity index (χ1) is 11.6. The van der Waals surface area contributed by atoms with Crippen molar-refractivity contribution in [3.63, 3.8) is 0 Å². The monoisotopic (exact) mass is 318 g/mol. The number of hydrogen-bond acceptors (Lipinski definition) is 4. The lowest BCUT2D eigenvalue weighted by atomic mass is 9.92. The van der Waals surface area contributed by atoms with E-state index in [2.05, 4.69) is 0 Å². The summed E-state index contributed by atoms with van der Waals surface area (Å²) in [6.45, 7) is 0. The van der Waals surface area contributed by atoms with Crippen molar-refractivity contribution in [1.82, 2.24) is 0 Å². The van der Waals surface area contributed by atoms with Crippen molar-refractivity contribution in [2.24, 2.45) is 0 Å². The van der Waals surface area contributed by atoms with Gasteiger partial charge in [-0.1, -0.05) is 48.5 Å². The summed E-state index contributed by atoms with van der Waals surface area (Å²) in [4.78, 5) is 12.8. The highest BCUT2D eigenvalue weighted by Gasteiger charge is 2.22. The molecule has 1 atom stereocenters. The number of carbonyl (C=O) groups is 1. The molecule has 0 saturated heterocycles. The molecule has 3 rings (SSSR count). The van der Waals surface area contributed by atoms with Crippen molar-refractivity contribution in [2.75, 3.05) is 11.5 Å². The van der Waals surface area contributed by atoms with E-state index in [1.54, 1.807) is 54.6 Å². The van der Waals surface area contributed by atoms with Crippen LogP contribution < -0.4 is 11.5 Å². The minimum absolute atomic E-state index is 0.385. The maximum atomic E-state index is 12.8. The smallest absolute Gasteiger partial charge is 0.196 e. The minimum Gasteiger partial charge on any atom is -0.399 e. The van der Waals surface area contributed by atoms with Gasteiger partial charge < -0.3 is 16.6 Å². The molecule has 4 nitrogen and oxygen atoms in total. The highest BCUT2D eigenvalue weighted by molar-refractivity contribution is 6.06. The zero-order valence-electron chi connectivity index (χ0n) is 13.0. The molecule has 0 amide bonds. The zero-order valence-corrected chi connectivity index (χ0v) is 13.0. The Kier molecular flexibility index (Phi) is 4.31. The predicted molar refractivity (Wildman–Crippen MR) is 96.4 cm³/mol. The zero-order chi connectivity index (χ0) is 17.1. The number of nitrogens with two attached hydrogens (primary N) is 2. The van der Waals surface area contributed by atoms with Crippen LogP contribution >= 0.6 is 0 Å². The Balaban J connectivity index is 2.05. The largest absolute Gasteiger partial charge is 0.399 e. The normalized spacial score (nSPS) is 11.9. The molecule has 0 bridgehead atoms. The second-order valence-corrected chi connectivity index (χ2v) is 5.60. The predicted octanol–water partition coefficient (Wildman–Crippen LogP) is 3.43. The Bertz CT molecular complexity index is 859. The van der Waals surface area contributed by atoms with Crippen molar-refractivity contribution in [3.05, 3.63) is 83.9 Å². The Morgan fingerprint density at radius 1 is 0.833 bits per heavy atom. The first kappa shape index (κ1) is 15.8. The number of Topliss-reactive ketones (excluding diaryl/α,β-unsaturated/α-hetero) is 1. The molecule has 5 N–H and O–H groups in total. The minimum atomic E-state index is -1.24. The third kappa shape index (κ3) is 3.14. The fourth-order valence-corrected chi connectivity index (χ4v) is 2.61. The third-order valence-corrected chi connectivity index (χ3v) is 3.89. The molecule has 0 fully saturated rings. The summed E-state index contributed by atoms with van der Waals surface area (Å²) in [5.74, 6) is -0.389. The maximum absolute atomic E-state index is 12.8. The maximum Gasteiger partial charge on any atom is 0.196 e. The average Bonchev–Trinajstić information content (AvgIpc) is 2.62. The highest BCUT2D eigenvalue weighted by Crippen LogP contribution is 2.30. The van der Waals surface area contributed by atoms with Gasteiger partial charge in [0, 0.05) is 16.9 Å². The Labute approximate surface area is 140 Å². The molecule has 0 aromatic heterocycles. The summed E-state index contributed by atoms with van der Waals surface area (Å²) in [6, 6.07) is 21.2. The number of rotatable bonds is 4. The molecule has 0 heterocycles. The number of nitrogen functional groups attached to an aromatic ring is 2. The molecule has 0 aliphatic carbocycles. The summed E-state index contributed by atoms with van der Waals surface area (Å²) in [7, 11) is 0. The van der Waals surface area contributed by atoms with Gasteiger partial charge >= 0.3 is 0 Å². The molecule has 3 aromatic carbocycles. The number of carbonyl (C=O) groups excluding carboxylic acids is 1. The lowest BCUT2D eigenvalue weighted by Crippen LogP contribution is -2.13. The second-order valence-electron chi connectivity index (χ2n) is 5.60. The number of anilines is 2. The number of hydrogen-bond donors (Lipinski definition) is 3. The fraction of sp³-hybridized carbons (Fsp3) is 0.0500. The van der Waals surface area contributed by atoms with Gasteiger partial charge in [-0.05, 0) is 41.0 Å². The van der Waals surface area contributed by atoms with E-state index in [0.29, 0.717) is 28.1 Å². The van der Waals surface area contributed by atoms with Gasteiger partial charge in [-0.2, -0.15) is 0 Å². The summed E-state index contributed by atoms with van der Waals surface area (Å²) in [6.07, 6.45) is -1.24. The van der Waals surface area contributed by atoms with E-state index >= 15 is 0 Å². The van der Waals surface area contributed by atoms with Crippen molar-refractivity contribution in [3.8, 4) is 11.1 Å². The Morgan fingerprint density at radius 3 is 2.12 bits per heavy atom. The van der Waals surface area contributed by atoms with Crippen LogP contribution in [0.5, 0.6) is 0 Å². The van der Waals surface area contributed by atoms with Gasteiger partial charge in [0.15, 0.2) is 5.78 Å². The molecule has 3 aromatic rings. The topological polar surface area (TPSA) is 89.3 Å². The summed E-state index contributed by atoms with van der Waals surface area (Å²) in [5.41, 5.74) is 15.2. The van der Waals surface area contributed by atoms with Crippen LogP contribution in [0.25, 0.3) is 11.1 Å². The molecule has 24 heavy (non-hydrogen) atoms. The van der Waals surface area contributed by atoms with Crippen LogP contribution in [-0.4, -0.2) is 10.9 Å². The van der Waals surface area contributed by atoms with E-state index in [-0.39, 0.29) is 5.78 Å². The molecule has 0 spiro atoms. The standard InChI is InChI=1S/C20H18N2O2/c21-15-8-6-13(7-9-15)17-11-10-16(22)12-18(17)20(24)19(23)14-4-2-1-3-5-14/h1-12,19,23H,21-22H2. The molecular formula is C20H18N2O2. The van der Waals surface area contributed by atoms with Gasteiger partial charge in [0.2, 0.25) is 0 Å². The van der Waals surface area contributed by atoms with Gasteiger partial charge in [-0.25, -0.2) is 0 Å².